The third-order valence-electron chi connectivity index (χ3n) is 4.22. The van der Waals surface area contributed by atoms with Crippen LogP contribution in [0.2, 0.25) is 5.02 Å². The zero-order valence-corrected chi connectivity index (χ0v) is 14.1. The number of likely N-dealkylation sites (tertiary alicyclic amines) is 1. The van der Waals surface area contributed by atoms with E-state index >= 15 is 0 Å². The van der Waals surface area contributed by atoms with Crippen molar-refractivity contribution in [3.8, 4) is 5.75 Å². The monoisotopic (exact) mass is 324 g/mol. The van der Waals surface area contributed by atoms with Crippen LogP contribution in [-0.4, -0.2) is 43.6 Å². The summed E-state index contributed by atoms with van der Waals surface area (Å²) in [7, 11) is 1.98. The summed E-state index contributed by atoms with van der Waals surface area (Å²) < 4.78 is 5.72. The van der Waals surface area contributed by atoms with Gasteiger partial charge in [-0.15, -0.1) is 0 Å². The lowest BCUT2D eigenvalue weighted by Crippen LogP contribution is -2.45. The number of carbonyl (C=O) groups is 1. The van der Waals surface area contributed by atoms with Crippen molar-refractivity contribution < 1.29 is 9.53 Å². The maximum Gasteiger partial charge on any atom is 0.263 e. The van der Waals surface area contributed by atoms with Crippen molar-refractivity contribution in [3.63, 3.8) is 0 Å². The zero-order valence-electron chi connectivity index (χ0n) is 13.3. The first-order valence-corrected chi connectivity index (χ1v) is 8.34. The lowest BCUT2D eigenvalue weighted by atomic mass is 9.93. The number of nitrogens with one attached hydrogen (secondary N) is 1. The number of hydrogen-bond donors (Lipinski definition) is 1. The highest BCUT2D eigenvalue weighted by Crippen LogP contribution is 2.25. The van der Waals surface area contributed by atoms with Crippen LogP contribution in [0, 0.1) is 5.92 Å². The molecule has 0 spiro atoms. The SMILES string of the molecule is CNCCC1CCN(C(=O)C(C)Oc2ccccc2Cl)CC1. The first-order valence-electron chi connectivity index (χ1n) is 7.96. The fourth-order valence-corrected chi connectivity index (χ4v) is 3.01. The Bertz CT molecular complexity index is 487. The number of carbonyl (C=O) groups excluding carboxylic acids is 1. The minimum Gasteiger partial charge on any atom is -0.479 e. The van der Waals surface area contributed by atoms with E-state index in [-0.39, 0.29) is 5.91 Å². The van der Waals surface area contributed by atoms with Gasteiger partial charge in [-0.25, -0.2) is 0 Å². The molecular weight excluding hydrogens is 300 g/mol. The first-order chi connectivity index (χ1) is 10.6. The van der Waals surface area contributed by atoms with Gasteiger partial charge in [-0.05, 0) is 57.8 Å². The highest BCUT2D eigenvalue weighted by molar-refractivity contribution is 6.32. The summed E-state index contributed by atoms with van der Waals surface area (Å²) in [5.74, 6) is 1.33. The second-order valence-corrected chi connectivity index (χ2v) is 6.26. The number of para-hydroxylation sites is 1. The van der Waals surface area contributed by atoms with E-state index in [4.69, 9.17) is 16.3 Å². The number of rotatable bonds is 6. The Hall–Kier alpha value is -1.26. The topological polar surface area (TPSA) is 41.6 Å². The van der Waals surface area contributed by atoms with E-state index in [1.807, 2.05) is 24.1 Å². The molecule has 0 saturated carbocycles. The van der Waals surface area contributed by atoms with Gasteiger partial charge in [0.15, 0.2) is 6.10 Å². The summed E-state index contributed by atoms with van der Waals surface area (Å²) in [6.07, 6.45) is 2.83. The minimum absolute atomic E-state index is 0.0481. The largest absolute Gasteiger partial charge is 0.479 e. The van der Waals surface area contributed by atoms with Gasteiger partial charge in [-0.1, -0.05) is 23.7 Å². The van der Waals surface area contributed by atoms with Crippen molar-refractivity contribution in [1.29, 1.82) is 0 Å². The number of amides is 1. The van der Waals surface area contributed by atoms with Gasteiger partial charge in [-0.2, -0.15) is 0 Å². The molecule has 1 N–H and O–H groups in total. The number of hydrogen-bond acceptors (Lipinski definition) is 3. The number of benzene rings is 1. The predicted molar refractivity (Wildman–Crippen MR) is 89.4 cm³/mol. The van der Waals surface area contributed by atoms with E-state index in [0.29, 0.717) is 10.8 Å². The molecule has 0 aliphatic carbocycles. The molecule has 1 aromatic carbocycles. The van der Waals surface area contributed by atoms with Crippen LogP contribution in [-0.2, 0) is 4.79 Å². The van der Waals surface area contributed by atoms with Crippen molar-refractivity contribution in [1.82, 2.24) is 10.2 Å². The smallest absolute Gasteiger partial charge is 0.263 e. The Morgan fingerprint density at radius 1 is 1.41 bits per heavy atom. The maximum atomic E-state index is 12.5. The summed E-state index contributed by atoms with van der Waals surface area (Å²) >= 11 is 6.07. The molecule has 5 heteroatoms. The molecule has 1 aliphatic rings. The average molecular weight is 325 g/mol. The van der Waals surface area contributed by atoms with Gasteiger partial charge in [0.25, 0.3) is 5.91 Å². The summed E-state index contributed by atoms with van der Waals surface area (Å²) in [4.78, 5) is 14.4. The summed E-state index contributed by atoms with van der Waals surface area (Å²) in [5, 5.41) is 3.72. The van der Waals surface area contributed by atoms with Gasteiger partial charge in [0.1, 0.15) is 5.75 Å². The molecular formula is C17H25ClN2O2. The summed E-state index contributed by atoms with van der Waals surface area (Å²) in [5.41, 5.74) is 0. The molecule has 0 aromatic heterocycles. The lowest BCUT2D eigenvalue weighted by Gasteiger charge is -2.33. The maximum absolute atomic E-state index is 12.5. The fourth-order valence-electron chi connectivity index (χ4n) is 2.83. The Labute approximate surface area is 137 Å². The van der Waals surface area contributed by atoms with Gasteiger partial charge in [0.2, 0.25) is 0 Å². The van der Waals surface area contributed by atoms with Crippen LogP contribution < -0.4 is 10.1 Å². The third kappa shape index (κ3) is 4.62. The Morgan fingerprint density at radius 2 is 2.09 bits per heavy atom. The molecule has 1 atom stereocenters. The molecule has 22 heavy (non-hydrogen) atoms. The van der Waals surface area contributed by atoms with Crippen molar-refractivity contribution >= 4 is 17.5 Å². The molecule has 1 amide bonds. The molecule has 1 saturated heterocycles. The van der Waals surface area contributed by atoms with Crippen molar-refractivity contribution in [2.75, 3.05) is 26.7 Å². The molecule has 122 valence electrons. The summed E-state index contributed by atoms with van der Waals surface area (Å²) in [6, 6.07) is 7.25. The molecule has 1 aliphatic heterocycles. The van der Waals surface area contributed by atoms with Crippen LogP contribution in [0.3, 0.4) is 0 Å². The second kappa shape index (κ2) is 8.39. The normalized spacial score (nSPS) is 17.3. The molecule has 1 aromatic rings. The van der Waals surface area contributed by atoms with E-state index in [1.165, 1.54) is 6.42 Å². The highest BCUT2D eigenvalue weighted by Gasteiger charge is 2.27. The number of piperidine rings is 1. The van der Waals surface area contributed by atoms with E-state index < -0.39 is 6.10 Å². The molecule has 0 radical (unpaired) electrons. The molecule has 2 rings (SSSR count). The van der Waals surface area contributed by atoms with Crippen molar-refractivity contribution in [2.24, 2.45) is 5.92 Å². The lowest BCUT2D eigenvalue weighted by molar-refractivity contribution is -0.139. The molecule has 0 bridgehead atoms. The van der Waals surface area contributed by atoms with E-state index in [2.05, 4.69) is 5.32 Å². The number of ether oxygens (including phenoxy) is 1. The average Bonchev–Trinajstić information content (AvgIpc) is 2.55. The minimum atomic E-state index is -0.506. The van der Waals surface area contributed by atoms with Crippen molar-refractivity contribution in [3.05, 3.63) is 29.3 Å². The molecule has 1 fully saturated rings. The fraction of sp³-hybridized carbons (Fsp3) is 0.588. The highest BCUT2D eigenvalue weighted by atomic mass is 35.5. The van der Waals surface area contributed by atoms with Crippen LogP contribution >= 0.6 is 11.6 Å². The second-order valence-electron chi connectivity index (χ2n) is 5.85. The van der Waals surface area contributed by atoms with Crippen LogP contribution in [0.5, 0.6) is 5.75 Å². The van der Waals surface area contributed by atoms with Gasteiger partial charge in [-0.3, -0.25) is 4.79 Å². The molecule has 1 heterocycles. The van der Waals surface area contributed by atoms with E-state index in [9.17, 15) is 4.79 Å². The Balaban J connectivity index is 1.83. The summed E-state index contributed by atoms with van der Waals surface area (Å²) in [6.45, 7) is 4.48. The first kappa shape index (κ1) is 17.1. The van der Waals surface area contributed by atoms with E-state index in [1.54, 1.807) is 19.1 Å². The van der Waals surface area contributed by atoms with Gasteiger partial charge < -0.3 is 15.0 Å². The Morgan fingerprint density at radius 3 is 2.73 bits per heavy atom. The van der Waals surface area contributed by atoms with Gasteiger partial charge >= 0.3 is 0 Å². The van der Waals surface area contributed by atoms with Crippen LogP contribution in [0.1, 0.15) is 26.2 Å². The molecule has 1 unspecified atom stereocenters. The van der Waals surface area contributed by atoms with Gasteiger partial charge in [0, 0.05) is 13.1 Å². The van der Waals surface area contributed by atoms with Crippen LogP contribution in [0.25, 0.3) is 0 Å². The zero-order chi connectivity index (χ0) is 15.9. The number of halogens is 1. The standard InChI is InChI=1S/C17H25ClN2O2/c1-13(22-16-6-4-3-5-15(16)18)17(21)20-11-8-14(9-12-20)7-10-19-2/h3-6,13-14,19H,7-12H2,1-2H3. The van der Waals surface area contributed by atoms with Crippen molar-refractivity contribution in [2.45, 2.75) is 32.3 Å². The van der Waals surface area contributed by atoms with Crippen LogP contribution in [0.4, 0.5) is 0 Å². The number of nitrogens with zero attached hydrogens (tertiary/aromatic N) is 1. The Kier molecular flexibility index (Phi) is 6.52. The predicted octanol–water partition coefficient (Wildman–Crippen LogP) is 2.96. The quantitative estimate of drug-likeness (QED) is 0.874. The van der Waals surface area contributed by atoms with Crippen LogP contribution in [0.15, 0.2) is 24.3 Å². The molecule has 4 nitrogen and oxygen atoms in total. The van der Waals surface area contributed by atoms with E-state index in [0.717, 1.165) is 38.4 Å². The van der Waals surface area contributed by atoms with Gasteiger partial charge in [0.05, 0.1) is 5.02 Å². The third-order valence-corrected chi connectivity index (χ3v) is 4.53.